The van der Waals surface area contributed by atoms with E-state index < -0.39 is 22.7 Å². The van der Waals surface area contributed by atoms with Gasteiger partial charge < -0.3 is 9.15 Å². The second kappa shape index (κ2) is 8.11. The van der Waals surface area contributed by atoms with E-state index in [0.717, 1.165) is 5.56 Å². The SMILES string of the molecule is C[C@H]1CC(=O)[C@H](CC(=O)OCc2ncc(-c3ccccc3)o2)[C@@H]1C[N+](=O)[O-]. The zero-order valence-corrected chi connectivity index (χ0v) is 14.9. The standard InChI is InChI=1S/C19H20N2O6/c1-12-7-16(22)14(15(12)10-21(24)25)8-19(23)26-11-18-20-9-17(27-18)13-5-3-2-4-6-13/h2-6,9,12,14-15H,7-8,10-11H2,1H3/t12-,14+,15+/m0/s1. The molecule has 142 valence electrons. The normalized spacial score (nSPS) is 22.0. The maximum absolute atomic E-state index is 12.1. The maximum atomic E-state index is 12.1. The van der Waals surface area contributed by atoms with Gasteiger partial charge in [0.2, 0.25) is 12.4 Å². The quantitative estimate of drug-likeness (QED) is 0.417. The summed E-state index contributed by atoms with van der Waals surface area (Å²) in [6, 6.07) is 9.38. The molecule has 3 atom stereocenters. The molecule has 8 nitrogen and oxygen atoms in total. The first-order valence-corrected chi connectivity index (χ1v) is 8.74. The molecule has 8 heteroatoms. The number of ketones is 1. The van der Waals surface area contributed by atoms with Gasteiger partial charge in [-0.15, -0.1) is 0 Å². The number of carbonyl (C=O) groups excluding carboxylic acids is 2. The van der Waals surface area contributed by atoms with Gasteiger partial charge in [-0.1, -0.05) is 37.3 Å². The van der Waals surface area contributed by atoms with E-state index in [1.165, 1.54) is 0 Å². The predicted octanol–water partition coefficient (Wildman–Crippen LogP) is 2.89. The van der Waals surface area contributed by atoms with Crippen molar-refractivity contribution in [2.75, 3.05) is 6.54 Å². The van der Waals surface area contributed by atoms with Crippen LogP contribution < -0.4 is 0 Å². The van der Waals surface area contributed by atoms with Crippen LogP contribution in [0.2, 0.25) is 0 Å². The monoisotopic (exact) mass is 372 g/mol. The molecule has 1 saturated carbocycles. The van der Waals surface area contributed by atoms with Crippen LogP contribution in [0.1, 0.15) is 25.7 Å². The summed E-state index contributed by atoms with van der Waals surface area (Å²) in [6.45, 7) is 1.34. The Morgan fingerprint density at radius 3 is 2.81 bits per heavy atom. The fourth-order valence-corrected chi connectivity index (χ4v) is 3.49. The van der Waals surface area contributed by atoms with Crippen molar-refractivity contribution in [3.8, 4) is 11.3 Å². The third kappa shape index (κ3) is 4.58. The van der Waals surface area contributed by atoms with Crippen LogP contribution in [-0.2, 0) is 20.9 Å². The first-order valence-electron chi connectivity index (χ1n) is 8.74. The molecule has 0 bridgehead atoms. The summed E-state index contributed by atoms with van der Waals surface area (Å²) in [4.78, 5) is 38.7. The summed E-state index contributed by atoms with van der Waals surface area (Å²) < 4.78 is 10.7. The lowest BCUT2D eigenvalue weighted by molar-refractivity contribution is -0.490. The van der Waals surface area contributed by atoms with Crippen LogP contribution in [0.5, 0.6) is 0 Å². The lowest BCUT2D eigenvalue weighted by Crippen LogP contribution is -2.27. The highest BCUT2D eigenvalue weighted by Gasteiger charge is 2.44. The van der Waals surface area contributed by atoms with Crippen LogP contribution >= 0.6 is 0 Å². The summed E-state index contributed by atoms with van der Waals surface area (Å²) in [7, 11) is 0. The van der Waals surface area contributed by atoms with Crippen LogP contribution in [0.15, 0.2) is 40.9 Å². The van der Waals surface area contributed by atoms with Gasteiger partial charge in [0, 0.05) is 28.7 Å². The van der Waals surface area contributed by atoms with Gasteiger partial charge in [-0.25, -0.2) is 4.98 Å². The van der Waals surface area contributed by atoms with Crippen LogP contribution in [-0.4, -0.2) is 28.2 Å². The van der Waals surface area contributed by atoms with Crippen molar-refractivity contribution in [1.29, 1.82) is 0 Å². The van der Waals surface area contributed by atoms with Gasteiger partial charge in [0.1, 0.15) is 5.78 Å². The van der Waals surface area contributed by atoms with Gasteiger partial charge in [0.25, 0.3) is 0 Å². The summed E-state index contributed by atoms with van der Waals surface area (Å²) in [6.07, 6.45) is 1.65. The largest absolute Gasteiger partial charge is 0.456 e. The summed E-state index contributed by atoms with van der Waals surface area (Å²) in [5.41, 5.74) is 0.857. The number of rotatable bonds is 7. The van der Waals surface area contributed by atoms with Gasteiger partial charge in [-0.05, 0) is 5.92 Å². The number of hydrogen-bond acceptors (Lipinski definition) is 7. The number of esters is 1. The highest BCUT2D eigenvalue weighted by Crippen LogP contribution is 2.36. The Balaban J connectivity index is 1.56. The van der Waals surface area contributed by atoms with Crippen molar-refractivity contribution in [2.45, 2.75) is 26.4 Å². The van der Waals surface area contributed by atoms with E-state index in [4.69, 9.17) is 9.15 Å². The Bertz CT molecular complexity index is 832. The number of benzene rings is 1. The molecule has 1 aliphatic carbocycles. The molecular weight excluding hydrogens is 352 g/mol. The minimum atomic E-state index is -0.665. The number of ether oxygens (including phenoxy) is 1. The van der Waals surface area contributed by atoms with Crippen molar-refractivity contribution in [3.05, 3.63) is 52.5 Å². The molecule has 1 heterocycles. The van der Waals surface area contributed by atoms with Gasteiger partial charge in [0.15, 0.2) is 12.4 Å². The van der Waals surface area contributed by atoms with Crippen LogP contribution in [0, 0.1) is 27.9 Å². The lowest BCUT2D eigenvalue weighted by atomic mass is 9.88. The van der Waals surface area contributed by atoms with Crippen molar-refractivity contribution >= 4 is 11.8 Å². The molecule has 0 spiro atoms. The number of oxazole rings is 1. The second-order valence-electron chi connectivity index (χ2n) is 6.78. The van der Waals surface area contributed by atoms with E-state index >= 15 is 0 Å². The fraction of sp³-hybridized carbons (Fsp3) is 0.421. The van der Waals surface area contributed by atoms with Crippen LogP contribution in [0.4, 0.5) is 0 Å². The smallest absolute Gasteiger partial charge is 0.307 e. The maximum Gasteiger partial charge on any atom is 0.307 e. The van der Waals surface area contributed by atoms with Gasteiger partial charge >= 0.3 is 5.97 Å². The Labute approximate surface area is 155 Å². The molecule has 3 rings (SSSR count). The highest BCUT2D eigenvalue weighted by molar-refractivity contribution is 5.87. The molecule has 0 unspecified atom stereocenters. The fourth-order valence-electron chi connectivity index (χ4n) is 3.49. The van der Waals surface area contributed by atoms with Crippen molar-refractivity contribution in [1.82, 2.24) is 4.98 Å². The third-order valence-corrected chi connectivity index (χ3v) is 4.90. The molecule has 1 aliphatic rings. The topological polar surface area (TPSA) is 113 Å². The second-order valence-corrected chi connectivity index (χ2v) is 6.78. The van der Waals surface area contributed by atoms with E-state index in [9.17, 15) is 19.7 Å². The average Bonchev–Trinajstić information content (AvgIpc) is 3.21. The molecule has 1 aromatic carbocycles. The Morgan fingerprint density at radius 1 is 1.37 bits per heavy atom. The first kappa shape index (κ1) is 18.8. The van der Waals surface area contributed by atoms with Crippen molar-refractivity contribution in [3.63, 3.8) is 0 Å². The van der Waals surface area contributed by atoms with Gasteiger partial charge in [-0.3, -0.25) is 19.7 Å². The van der Waals surface area contributed by atoms with E-state index in [2.05, 4.69) is 4.98 Å². The van der Waals surface area contributed by atoms with E-state index in [1.54, 1.807) is 13.1 Å². The van der Waals surface area contributed by atoms with Crippen LogP contribution in [0.25, 0.3) is 11.3 Å². The Hall–Kier alpha value is -3.03. The molecule has 0 amide bonds. The molecule has 1 aromatic heterocycles. The minimum absolute atomic E-state index is 0.110. The van der Waals surface area contributed by atoms with Crippen molar-refractivity contribution < 1.29 is 23.7 Å². The summed E-state index contributed by atoms with van der Waals surface area (Å²) >= 11 is 0. The molecule has 1 fully saturated rings. The number of carbonyl (C=O) groups is 2. The predicted molar refractivity (Wildman–Crippen MR) is 94.0 cm³/mol. The lowest BCUT2D eigenvalue weighted by Gasteiger charge is -2.16. The molecule has 2 aromatic rings. The zero-order valence-electron chi connectivity index (χ0n) is 14.9. The number of aromatic nitrogens is 1. The average molecular weight is 372 g/mol. The number of hydrogen-bond donors (Lipinski definition) is 0. The summed E-state index contributed by atoms with van der Waals surface area (Å²) in [5.74, 6) is -1.11. The first-order chi connectivity index (χ1) is 12.9. The molecule has 0 aliphatic heterocycles. The number of nitro groups is 1. The van der Waals surface area contributed by atoms with Gasteiger partial charge in [0.05, 0.1) is 12.6 Å². The Kier molecular flexibility index (Phi) is 5.63. The molecular formula is C19H20N2O6. The van der Waals surface area contributed by atoms with Gasteiger partial charge in [-0.2, -0.15) is 0 Å². The van der Waals surface area contributed by atoms with E-state index in [0.29, 0.717) is 5.76 Å². The number of Topliss-reactive ketones (excluding diaryl/α,β-unsaturated/α-hetero) is 1. The van der Waals surface area contributed by atoms with Crippen molar-refractivity contribution in [2.24, 2.45) is 17.8 Å². The molecule has 0 radical (unpaired) electrons. The molecule has 27 heavy (non-hydrogen) atoms. The van der Waals surface area contributed by atoms with E-state index in [-0.39, 0.29) is 43.6 Å². The molecule has 0 saturated heterocycles. The third-order valence-electron chi connectivity index (χ3n) is 4.90. The minimum Gasteiger partial charge on any atom is -0.456 e. The number of nitrogens with zero attached hydrogens (tertiary/aromatic N) is 2. The molecule has 0 N–H and O–H groups in total. The summed E-state index contributed by atoms with van der Waals surface area (Å²) in [5, 5.41) is 10.8. The van der Waals surface area contributed by atoms with Crippen LogP contribution in [0.3, 0.4) is 0 Å². The Morgan fingerprint density at radius 2 is 2.11 bits per heavy atom. The zero-order chi connectivity index (χ0) is 19.4. The van der Waals surface area contributed by atoms with E-state index in [1.807, 2.05) is 30.3 Å². The highest BCUT2D eigenvalue weighted by atomic mass is 16.6.